The molecule has 0 saturated heterocycles. The van der Waals surface area contributed by atoms with Crippen molar-refractivity contribution in [2.24, 2.45) is 46.3 Å². The van der Waals surface area contributed by atoms with E-state index in [0.717, 1.165) is 37.9 Å². The van der Waals surface area contributed by atoms with E-state index in [2.05, 4.69) is 38.2 Å². The van der Waals surface area contributed by atoms with Crippen LogP contribution in [0.3, 0.4) is 0 Å². The Labute approximate surface area is 228 Å². The van der Waals surface area contributed by atoms with Crippen LogP contribution in [-0.2, 0) is 4.79 Å². The monoisotopic (exact) mass is 527 g/mol. The minimum absolute atomic E-state index is 0.0270. The fourth-order valence-electron chi connectivity index (χ4n) is 9.68. The van der Waals surface area contributed by atoms with E-state index in [9.17, 15) is 15.0 Å². The first-order valence-electron chi connectivity index (χ1n) is 15.0. The number of rotatable bonds is 8. The minimum atomic E-state index is -0.250. The summed E-state index contributed by atoms with van der Waals surface area (Å²) < 4.78 is 0. The highest BCUT2D eigenvalue weighted by Gasteiger charge is 2.63. The maximum absolute atomic E-state index is 12.6. The standard InChI is InChI=1S/C32H49NO3S/c1-21(9-14-30(36)33-17-18-37-24-7-5-4-6-8-24)26-12-13-27-25-11-10-22-19-23(34)15-16-31(22,2)28(25)20-29(35)32(26,27)3/h4-8,21-23,25-29,34-35H,9-20H2,1-3H3,(H,33,36). The molecule has 4 fully saturated rings. The van der Waals surface area contributed by atoms with Crippen molar-refractivity contribution in [1.29, 1.82) is 0 Å². The van der Waals surface area contributed by atoms with Gasteiger partial charge < -0.3 is 15.5 Å². The number of benzene rings is 1. The lowest BCUT2D eigenvalue weighted by Gasteiger charge is -2.62. The molecule has 10 unspecified atom stereocenters. The van der Waals surface area contributed by atoms with Crippen LogP contribution < -0.4 is 5.32 Å². The van der Waals surface area contributed by atoms with Crippen molar-refractivity contribution in [2.45, 2.75) is 102 Å². The minimum Gasteiger partial charge on any atom is -0.393 e. The summed E-state index contributed by atoms with van der Waals surface area (Å²) in [5.74, 6) is 4.53. The van der Waals surface area contributed by atoms with E-state index in [0.29, 0.717) is 48.5 Å². The lowest BCUT2D eigenvalue weighted by Crippen LogP contribution is -2.58. The Morgan fingerprint density at radius 2 is 1.84 bits per heavy atom. The van der Waals surface area contributed by atoms with E-state index in [-0.39, 0.29) is 28.9 Å². The zero-order valence-corrected chi connectivity index (χ0v) is 24.0. The highest BCUT2D eigenvalue weighted by molar-refractivity contribution is 7.99. The second-order valence-corrected chi connectivity index (χ2v) is 14.6. The molecule has 206 valence electrons. The third-order valence-corrected chi connectivity index (χ3v) is 12.8. The number of thioether (sulfide) groups is 1. The van der Waals surface area contributed by atoms with E-state index >= 15 is 0 Å². The predicted molar refractivity (Wildman–Crippen MR) is 151 cm³/mol. The van der Waals surface area contributed by atoms with Crippen LogP contribution in [0.25, 0.3) is 0 Å². The highest BCUT2D eigenvalue weighted by atomic mass is 32.2. The summed E-state index contributed by atoms with van der Waals surface area (Å²) in [6.45, 7) is 7.92. The summed E-state index contributed by atoms with van der Waals surface area (Å²) in [6, 6.07) is 10.3. The van der Waals surface area contributed by atoms with Crippen molar-refractivity contribution in [3.05, 3.63) is 30.3 Å². The molecule has 0 aromatic heterocycles. The topological polar surface area (TPSA) is 69.6 Å². The molecule has 1 aromatic rings. The maximum Gasteiger partial charge on any atom is 0.220 e. The van der Waals surface area contributed by atoms with Gasteiger partial charge >= 0.3 is 0 Å². The van der Waals surface area contributed by atoms with Crippen molar-refractivity contribution in [2.75, 3.05) is 12.3 Å². The Hall–Kier alpha value is -1.04. The number of carbonyl (C=O) groups excluding carboxylic acids is 1. The SMILES string of the molecule is CC(CCC(=O)NCCSc1ccccc1)C1CCC2C3CCC4CC(O)CCC4(C)C3CC(O)C12C. The second kappa shape index (κ2) is 11.2. The molecule has 10 atom stereocenters. The van der Waals surface area contributed by atoms with Crippen LogP contribution in [0.15, 0.2) is 35.2 Å². The molecule has 3 N–H and O–H groups in total. The fourth-order valence-corrected chi connectivity index (χ4v) is 10.5. The molecule has 0 radical (unpaired) electrons. The third-order valence-electron chi connectivity index (χ3n) is 11.8. The van der Waals surface area contributed by atoms with Gasteiger partial charge in [-0.25, -0.2) is 0 Å². The van der Waals surface area contributed by atoms with Gasteiger partial charge in [-0.1, -0.05) is 39.0 Å². The number of hydrogen-bond donors (Lipinski definition) is 3. The van der Waals surface area contributed by atoms with Crippen LogP contribution in [-0.4, -0.2) is 40.6 Å². The quantitative estimate of drug-likeness (QED) is 0.274. The number of aliphatic hydroxyl groups is 2. The van der Waals surface area contributed by atoms with Crippen LogP contribution in [0.1, 0.15) is 85.0 Å². The summed E-state index contributed by atoms with van der Waals surface area (Å²) in [5.41, 5.74) is 0.256. The fraction of sp³-hybridized carbons (Fsp3) is 0.781. The van der Waals surface area contributed by atoms with Crippen molar-refractivity contribution in [3.8, 4) is 0 Å². The van der Waals surface area contributed by atoms with Crippen molar-refractivity contribution in [3.63, 3.8) is 0 Å². The Bertz CT molecular complexity index is 926. The van der Waals surface area contributed by atoms with Crippen LogP contribution >= 0.6 is 11.8 Å². The number of fused-ring (bicyclic) bond motifs is 5. The van der Waals surface area contributed by atoms with Gasteiger partial charge in [0.05, 0.1) is 12.2 Å². The number of aliphatic hydroxyl groups excluding tert-OH is 2. The molecule has 4 saturated carbocycles. The van der Waals surface area contributed by atoms with Gasteiger partial charge in [-0.2, -0.15) is 0 Å². The van der Waals surface area contributed by atoms with Crippen LogP contribution in [0.4, 0.5) is 0 Å². The van der Waals surface area contributed by atoms with Crippen LogP contribution in [0, 0.1) is 46.3 Å². The lowest BCUT2D eigenvalue weighted by molar-refractivity contribution is -0.174. The summed E-state index contributed by atoms with van der Waals surface area (Å²) in [7, 11) is 0. The van der Waals surface area contributed by atoms with Gasteiger partial charge in [0.1, 0.15) is 0 Å². The molecule has 0 heterocycles. The van der Waals surface area contributed by atoms with Gasteiger partial charge in [-0.15, -0.1) is 11.8 Å². The van der Waals surface area contributed by atoms with Gasteiger partial charge in [0.2, 0.25) is 5.91 Å². The van der Waals surface area contributed by atoms with E-state index in [1.807, 2.05) is 18.2 Å². The van der Waals surface area contributed by atoms with Crippen LogP contribution in [0.2, 0.25) is 0 Å². The molecule has 4 aliphatic carbocycles. The maximum atomic E-state index is 12.6. The normalized spacial score (nSPS) is 41.8. The van der Waals surface area contributed by atoms with E-state index in [1.54, 1.807) is 11.8 Å². The molecule has 0 aliphatic heterocycles. The second-order valence-electron chi connectivity index (χ2n) is 13.4. The average Bonchev–Trinajstić information content (AvgIpc) is 3.25. The highest BCUT2D eigenvalue weighted by Crippen LogP contribution is 2.68. The Morgan fingerprint density at radius 1 is 1.05 bits per heavy atom. The molecule has 1 amide bonds. The number of nitrogens with one attached hydrogen (secondary N) is 1. The van der Waals surface area contributed by atoms with E-state index in [4.69, 9.17) is 0 Å². The zero-order valence-electron chi connectivity index (χ0n) is 23.2. The molecular formula is C32H49NO3S. The largest absolute Gasteiger partial charge is 0.393 e. The van der Waals surface area contributed by atoms with Crippen molar-refractivity contribution < 1.29 is 15.0 Å². The zero-order chi connectivity index (χ0) is 26.2. The molecule has 0 spiro atoms. The van der Waals surface area contributed by atoms with Gasteiger partial charge in [0.15, 0.2) is 0 Å². The summed E-state index contributed by atoms with van der Waals surface area (Å²) in [4.78, 5) is 13.8. The molecule has 5 heteroatoms. The molecule has 0 bridgehead atoms. The van der Waals surface area contributed by atoms with Gasteiger partial charge in [-0.05, 0) is 116 Å². The van der Waals surface area contributed by atoms with Gasteiger partial charge in [0, 0.05) is 23.6 Å². The third kappa shape index (κ3) is 5.26. The van der Waals surface area contributed by atoms with E-state index < -0.39 is 0 Å². The van der Waals surface area contributed by atoms with E-state index in [1.165, 1.54) is 30.6 Å². The number of carbonyl (C=O) groups is 1. The first-order chi connectivity index (χ1) is 17.7. The predicted octanol–water partition coefficient (Wildman–Crippen LogP) is 6.30. The molecule has 4 aliphatic rings. The summed E-state index contributed by atoms with van der Waals surface area (Å²) in [5, 5.41) is 25.2. The van der Waals surface area contributed by atoms with Crippen molar-refractivity contribution in [1.82, 2.24) is 5.32 Å². The summed E-state index contributed by atoms with van der Waals surface area (Å²) >= 11 is 1.78. The first kappa shape index (κ1) is 27.5. The van der Waals surface area contributed by atoms with Gasteiger partial charge in [-0.3, -0.25) is 4.79 Å². The average molecular weight is 528 g/mol. The first-order valence-corrected chi connectivity index (χ1v) is 16.0. The molecule has 1 aromatic carbocycles. The van der Waals surface area contributed by atoms with Crippen molar-refractivity contribution >= 4 is 17.7 Å². The smallest absolute Gasteiger partial charge is 0.220 e. The molecule has 4 nitrogen and oxygen atoms in total. The number of hydrogen-bond acceptors (Lipinski definition) is 4. The lowest BCUT2D eigenvalue weighted by atomic mass is 9.43. The van der Waals surface area contributed by atoms with Gasteiger partial charge in [0.25, 0.3) is 0 Å². The Kier molecular flexibility index (Phi) is 8.34. The molecular weight excluding hydrogens is 478 g/mol. The Balaban J connectivity index is 1.15. The Morgan fingerprint density at radius 3 is 2.62 bits per heavy atom. The summed E-state index contributed by atoms with van der Waals surface area (Å²) in [6.07, 6.45) is 10.0. The molecule has 37 heavy (non-hydrogen) atoms. The number of amides is 1. The van der Waals surface area contributed by atoms with Crippen LogP contribution in [0.5, 0.6) is 0 Å². The molecule has 5 rings (SSSR count).